The SMILES string of the molecule is CCC(c1nc(C2CC2)ns1)C(C)O. The van der Waals surface area contributed by atoms with Crippen molar-refractivity contribution in [1.29, 1.82) is 0 Å². The van der Waals surface area contributed by atoms with Crippen molar-refractivity contribution in [3.8, 4) is 0 Å². The van der Waals surface area contributed by atoms with Crippen molar-refractivity contribution in [3.63, 3.8) is 0 Å². The lowest BCUT2D eigenvalue weighted by Gasteiger charge is -2.13. The van der Waals surface area contributed by atoms with Gasteiger partial charge in [-0.05, 0) is 37.7 Å². The van der Waals surface area contributed by atoms with Crippen LogP contribution >= 0.6 is 11.5 Å². The molecule has 2 unspecified atom stereocenters. The van der Waals surface area contributed by atoms with E-state index in [1.54, 1.807) is 0 Å². The van der Waals surface area contributed by atoms with Gasteiger partial charge >= 0.3 is 0 Å². The fraction of sp³-hybridized carbons (Fsp3) is 0.800. The summed E-state index contributed by atoms with van der Waals surface area (Å²) in [5, 5.41) is 10.6. The van der Waals surface area contributed by atoms with Gasteiger partial charge in [-0.2, -0.15) is 4.37 Å². The predicted octanol–water partition coefficient (Wildman–Crippen LogP) is 2.29. The second-order valence-corrected chi connectivity index (χ2v) is 4.80. The van der Waals surface area contributed by atoms with E-state index in [0.29, 0.717) is 5.92 Å². The van der Waals surface area contributed by atoms with Crippen LogP contribution in [0.25, 0.3) is 0 Å². The summed E-state index contributed by atoms with van der Waals surface area (Å²) in [7, 11) is 0. The molecule has 0 radical (unpaired) electrons. The Hall–Kier alpha value is -0.480. The minimum atomic E-state index is -0.319. The summed E-state index contributed by atoms with van der Waals surface area (Å²) in [5.74, 6) is 1.79. The Labute approximate surface area is 88.4 Å². The van der Waals surface area contributed by atoms with Crippen LogP contribution in [0.1, 0.15) is 55.8 Å². The van der Waals surface area contributed by atoms with Gasteiger partial charge in [-0.25, -0.2) is 4.98 Å². The van der Waals surface area contributed by atoms with E-state index in [-0.39, 0.29) is 12.0 Å². The van der Waals surface area contributed by atoms with Crippen LogP contribution in [0.15, 0.2) is 0 Å². The van der Waals surface area contributed by atoms with E-state index in [1.165, 1.54) is 24.4 Å². The Morgan fingerprint density at radius 1 is 1.57 bits per heavy atom. The lowest BCUT2D eigenvalue weighted by Crippen LogP contribution is -2.13. The first-order valence-corrected chi connectivity index (χ1v) is 6.01. The third-order valence-electron chi connectivity index (χ3n) is 2.74. The van der Waals surface area contributed by atoms with Crippen LogP contribution in [-0.4, -0.2) is 20.6 Å². The number of hydrogen-bond acceptors (Lipinski definition) is 4. The van der Waals surface area contributed by atoms with Gasteiger partial charge in [0, 0.05) is 11.8 Å². The van der Waals surface area contributed by atoms with E-state index >= 15 is 0 Å². The van der Waals surface area contributed by atoms with Crippen molar-refractivity contribution in [2.75, 3.05) is 0 Å². The Morgan fingerprint density at radius 3 is 2.79 bits per heavy atom. The highest BCUT2D eigenvalue weighted by atomic mass is 32.1. The molecule has 1 aliphatic carbocycles. The van der Waals surface area contributed by atoms with Crippen LogP contribution in [0.3, 0.4) is 0 Å². The van der Waals surface area contributed by atoms with Gasteiger partial charge in [0.1, 0.15) is 10.8 Å². The molecule has 0 amide bonds. The Bertz CT molecular complexity index is 307. The summed E-state index contributed by atoms with van der Waals surface area (Å²) >= 11 is 1.46. The molecule has 3 nitrogen and oxygen atoms in total. The van der Waals surface area contributed by atoms with Gasteiger partial charge in [0.2, 0.25) is 0 Å². The molecule has 0 aromatic carbocycles. The normalized spacial score (nSPS) is 20.8. The minimum absolute atomic E-state index is 0.167. The highest BCUT2D eigenvalue weighted by Gasteiger charge is 2.29. The van der Waals surface area contributed by atoms with Crippen LogP contribution in [0.5, 0.6) is 0 Å². The van der Waals surface area contributed by atoms with Crippen LogP contribution in [0.2, 0.25) is 0 Å². The molecular formula is C10H16N2OS. The fourth-order valence-electron chi connectivity index (χ4n) is 1.63. The zero-order valence-electron chi connectivity index (χ0n) is 8.60. The first-order valence-electron chi connectivity index (χ1n) is 5.24. The van der Waals surface area contributed by atoms with Gasteiger partial charge in [-0.3, -0.25) is 0 Å². The summed E-state index contributed by atoms with van der Waals surface area (Å²) in [6.07, 6.45) is 3.08. The molecule has 78 valence electrons. The minimum Gasteiger partial charge on any atom is -0.393 e. The van der Waals surface area contributed by atoms with Crippen LogP contribution in [-0.2, 0) is 0 Å². The van der Waals surface area contributed by atoms with Crippen molar-refractivity contribution in [2.45, 2.75) is 51.0 Å². The zero-order chi connectivity index (χ0) is 10.1. The molecule has 0 bridgehead atoms. The summed E-state index contributed by atoms with van der Waals surface area (Å²) in [5.41, 5.74) is 0. The third-order valence-corrected chi connectivity index (χ3v) is 3.60. The Morgan fingerprint density at radius 2 is 2.29 bits per heavy atom. The predicted molar refractivity (Wildman–Crippen MR) is 56.6 cm³/mol. The van der Waals surface area contributed by atoms with Gasteiger partial charge in [-0.1, -0.05) is 6.92 Å². The van der Waals surface area contributed by atoms with Gasteiger partial charge in [0.15, 0.2) is 0 Å². The standard InChI is InChI=1S/C10H16N2OS/c1-3-8(6(2)13)10-11-9(12-14-10)7-4-5-7/h6-8,13H,3-5H2,1-2H3. The monoisotopic (exact) mass is 212 g/mol. The first-order chi connectivity index (χ1) is 6.72. The fourth-order valence-corrected chi connectivity index (χ4v) is 2.64. The Kier molecular flexibility index (Phi) is 2.83. The largest absolute Gasteiger partial charge is 0.393 e. The maximum absolute atomic E-state index is 9.57. The lowest BCUT2D eigenvalue weighted by molar-refractivity contribution is 0.159. The maximum Gasteiger partial charge on any atom is 0.145 e. The van der Waals surface area contributed by atoms with Gasteiger partial charge in [0.25, 0.3) is 0 Å². The number of aliphatic hydroxyl groups is 1. The molecule has 1 N–H and O–H groups in total. The van der Waals surface area contributed by atoms with E-state index in [4.69, 9.17) is 0 Å². The molecule has 1 aliphatic rings. The smallest absolute Gasteiger partial charge is 0.145 e. The molecule has 1 aromatic rings. The van der Waals surface area contributed by atoms with E-state index in [0.717, 1.165) is 17.3 Å². The second kappa shape index (κ2) is 3.95. The quantitative estimate of drug-likeness (QED) is 0.833. The van der Waals surface area contributed by atoms with E-state index in [9.17, 15) is 5.11 Å². The zero-order valence-corrected chi connectivity index (χ0v) is 9.42. The number of hydrogen-bond donors (Lipinski definition) is 1. The average molecular weight is 212 g/mol. The molecule has 0 aliphatic heterocycles. The summed E-state index contributed by atoms with van der Waals surface area (Å²) in [4.78, 5) is 4.51. The number of nitrogens with zero attached hydrogens (tertiary/aromatic N) is 2. The molecule has 14 heavy (non-hydrogen) atoms. The topological polar surface area (TPSA) is 46.0 Å². The van der Waals surface area contributed by atoms with Crippen LogP contribution in [0, 0.1) is 0 Å². The molecule has 1 fully saturated rings. The van der Waals surface area contributed by atoms with Crippen molar-refractivity contribution in [2.24, 2.45) is 0 Å². The molecule has 2 rings (SSSR count). The van der Waals surface area contributed by atoms with Crippen molar-refractivity contribution >= 4 is 11.5 Å². The number of rotatable bonds is 4. The summed E-state index contributed by atoms with van der Waals surface area (Å²) in [6.45, 7) is 3.90. The van der Waals surface area contributed by atoms with Gasteiger partial charge in [-0.15, -0.1) is 0 Å². The highest BCUT2D eigenvalue weighted by molar-refractivity contribution is 7.05. The maximum atomic E-state index is 9.57. The molecule has 0 saturated heterocycles. The molecule has 2 atom stereocenters. The number of aromatic nitrogens is 2. The summed E-state index contributed by atoms with van der Waals surface area (Å²) in [6, 6.07) is 0. The van der Waals surface area contributed by atoms with E-state index in [2.05, 4.69) is 16.3 Å². The summed E-state index contributed by atoms with van der Waals surface area (Å²) < 4.78 is 4.35. The van der Waals surface area contributed by atoms with Gasteiger partial charge < -0.3 is 5.11 Å². The molecule has 4 heteroatoms. The average Bonchev–Trinajstić information content (AvgIpc) is 2.88. The molecule has 1 aromatic heterocycles. The van der Waals surface area contributed by atoms with Gasteiger partial charge in [0.05, 0.1) is 6.10 Å². The van der Waals surface area contributed by atoms with E-state index in [1.807, 2.05) is 6.92 Å². The van der Waals surface area contributed by atoms with Crippen molar-refractivity contribution < 1.29 is 5.11 Å². The molecule has 0 spiro atoms. The molecule has 1 heterocycles. The third kappa shape index (κ3) is 1.96. The Balaban J connectivity index is 2.13. The van der Waals surface area contributed by atoms with E-state index < -0.39 is 0 Å². The van der Waals surface area contributed by atoms with Crippen LogP contribution < -0.4 is 0 Å². The highest BCUT2D eigenvalue weighted by Crippen LogP contribution is 2.39. The van der Waals surface area contributed by atoms with Crippen LogP contribution in [0.4, 0.5) is 0 Å². The first kappa shape index (κ1) is 10.1. The molecule has 1 saturated carbocycles. The van der Waals surface area contributed by atoms with Crippen molar-refractivity contribution in [3.05, 3.63) is 10.8 Å². The van der Waals surface area contributed by atoms with Crippen molar-refractivity contribution in [1.82, 2.24) is 9.36 Å². The second-order valence-electron chi connectivity index (χ2n) is 4.02. The molecular weight excluding hydrogens is 196 g/mol. The number of aliphatic hydroxyl groups excluding tert-OH is 1. The lowest BCUT2D eigenvalue weighted by atomic mass is 10.0.